The minimum Gasteiger partial charge on any atom is -0.479 e. The Morgan fingerprint density at radius 3 is 2.77 bits per heavy atom. The molecule has 0 aliphatic carbocycles. The molecule has 1 aromatic heterocycles. The second kappa shape index (κ2) is 8.14. The van der Waals surface area contributed by atoms with Gasteiger partial charge in [0.1, 0.15) is 11.8 Å². The SMILES string of the molecule is N#CCOc1ccc(/C=C2\SC(=S)N(NC(=O)c3cccs3)C2=O)cc1. The van der Waals surface area contributed by atoms with Gasteiger partial charge in [0.2, 0.25) is 0 Å². The first-order chi connectivity index (χ1) is 12.6. The molecule has 2 amide bonds. The van der Waals surface area contributed by atoms with Crippen LogP contribution in [0.3, 0.4) is 0 Å². The van der Waals surface area contributed by atoms with Crippen LogP contribution >= 0.6 is 35.3 Å². The first kappa shape index (κ1) is 18.1. The van der Waals surface area contributed by atoms with Gasteiger partial charge in [-0.05, 0) is 47.4 Å². The number of hydrogen-bond acceptors (Lipinski definition) is 7. The van der Waals surface area contributed by atoms with Gasteiger partial charge in [0.25, 0.3) is 11.8 Å². The van der Waals surface area contributed by atoms with Crippen LogP contribution in [-0.2, 0) is 4.79 Å². The molecule has 3 rings (SSSR count). The molecule has 1 aliphatic rings. The largest absolute Gasteiger partial charge is 0.479 e. The highest BCUT2D eigenvalue weighted by Crippen LogP contribution is 2.31. The zero-order valence-corrected chi connectivity index (χ0v) is 15.6. The standard InChI is InChI=1S/C17H11N3O3S3/c18-7-8-23-12-5-3-11(4-6-12)10-14-16(22)20(17(24)26-14)19-15(21)13-2-1-9-25-13/h1-6,9-10H,8H2,(H,19,21)/b14-10-. The third kappa shape index (κ3) is 4.11. The van der Waals surface area contributed by atoms with Gasteiger partial charge < -0.3 is 4.74 Å². The van der Waals surface area contributed by atoms with Crippen LogP contribution in [0, 0.1) is 11.3 Å². The molecule has 26 heavy (non-hydrogen) atoms. The minimum absolute atomic E-state index is 0.0259. The Balaban J connectivity index is 1.70. The van der Waals surface area contributed by atoms with Crippen LogP contribution in [0.1, 0.15) is 15.2 Å². The lowest BCUT2D eigenvalue weighted by Crippen LogP contribution is -2.44. The topological polar surface area (TPSA) is 82.4 Å². The third-order valence-electron chi connectivity index (χ3n) is 3.23. The predicted molar refractivity (Wildman–Crippen MR) is 104 cm³/mol. The van der Waals surface area contributed by atoms with Crippen molar-refractivity contribution in [1.29, 1.82) is 5.26 Å². The number of amides is 2. The lowest BCUT2D eigenvalue weighted by atomic mass is 10.2. The van der Waals surface area contributed by atoms with Gasteiger partial charge in [-0.2, -0.15) is 10.3 Å². The molecule has 2 heterocycles. The molecule has 1 saturated heterocycles. The summed E-state index contributed by atoms with van der Waals surface area (Å²) in [4.78, 5) is 25.5. The molecule has 1 aliphatic heterocycles. The summed E-state index contributed by atoms with van der Waals surface area (Å²) < 4.78 is 5.45. The van der Waals surface area contributed by atoms with Gasteiger partial charge in [0.05, 0.1) is 9.78 Å². The third-order valence-corrected chi connectivity index (χ3v) is 5.40. The van der Waals surface area contributed by atoms with E-state index in [0.717, 1.165) is 22.3 Å². The van der Waals surface area contributed by atoms with E-state index < -0.39 is 0 Å². The van der Waals surface area contributed by atoms with Crippen LogP contribution in [0.15, 0.2) is 46.7 Å². The Morgan fingerprint density at radius 1 is 1.35 bits per heavy atom. The van der Waals surface area contributed by atoms with Crippen LogP contribution < -0.4 is 10.2 Å². The number of nitrogens with zero attached hydrogens (tertiary/aromatic N) is 2. The molecule has 0 spiro atoms. The van der Waals surface area contributed by atoms with Crippen LogP contribution in [0.5, 0.6) is 5.75 Å². The van der Waals surface area contributed by atoms with E-state index in [2.05, 4.69) is 5.43 Å². The number of rotatable bonds is 5. The number of thiophene rings is 1. The number of hydrazine groups is 1. The van der Waals surface area contributed by atoms with Crippen LogP contribution in [-0.4, -0.2) is 27.8 Å². The summed E-state index contributed by atoms with van der Waals surface area (Å²) in [5.74, 6) is -0.189. The first-order valence-electron chi connectivity index (χ1n) is 7.31. The van der Waals surface area contributed by atoms with Gasteiger partial charge in [0.15, 0.2) is 10.9 Å². The molecule has 0 unspecified atom stereocenters. The number of ether oxygens (including phenoxy) is 1. The summed E-state index contributed by atoms with van der Waals surface area (Å²) in [7, 11) is 0. The van der Waals surface area contributed by atoms with Gasteiger partial charge >= 0.3 is 0 Å². The van der Waals surface area contributed by atoms with E-state index in [9.17, 15) is 9.59 Å². The quantitative estimate of drug-likeness (QED) is 0.612. The number of carbonyl (C=O) groups is 2. The maximum absolute atomic E-state index is 12.5. The molecule has 2 aromatic rings. The summed E-state index contributed by atoms with van der Waals surface area (Å²) >= 11 is 7.59. The molecule has 1 fully saturated rings. The fourth-order valence-corrected chi connectivity index (χ4v) is 3.85. The second-order valence-electron chi connectivity index (χ2n) is 4.95. The Labute approximate surface area is 163 Å². The number of thiocarbonyl (C=S) groups is 1. The van der Waals surface area contributed by atoms with Gasteiger partial charge in [-0.15, -0.1) is 11.3 Å². The number of carbonyl (C=O) groups excluding carboxylic acids is 2. The van der Waals surface area contributed by atoms with Crippen molar-refractivity contribution in [2.45, 2.75) is 0 Å². The molecule has 130 valence electrons. The minimum atomic E-state index is -0.380. The van der Waals surface area contributed by atoms with E-state index >= 15 is 0 Å². The summed E-state index contributed by atoms with van der Waals surface area (Å²) in [6.07, 6.45) is 1.69. The molecule has 1 N–H and O–H groups in total. The fraction of sp³-hybridized carbons (Fsp3) is 0.0588. The van der Waals surface area contributed by atoms with E-state index in [4.69, 9.17) is 22.2 Å². The molecular formula is C17H11N3O3S3. The Morgan fingerprint density at radius 2 is 2.12 bits per heavy atom. The smallest absolute Gasteiger partial charge is 0.285 e. The summed E-state index contributed by atoms with van der Waals surface area (Å²) in [6, 6.07) is 12.3. The summed E-state index contributed by atoms with van der Waals surface area (Å²) in [5.41, 5.74) is 3.31. The molecular weight excluding hydrogens is 390 g/mol. The molecule has 0 atom stereocenters. The van der Waals surface area contributed by atoms with E-state index in [1.165, 1.54) is 11.3 Å². The van der Waals surface area contributed by atoms with Crippen molar-refractivity contribution in [2.24, 2.45) is 0 Å². The van der Waals surface area contributed by atoms with Crippen molar-refractivity contribution in [3.05, 3.63) is 57.1 Å². The van der Waals surface area contributed by atoms with E-state index in [-0.39, 0.29) is 22.7 Å². The summed E-state index contributed by atoms with van der Waals surface area (Å²) in [6.45, 7) is -0.0259. The molecule has 6 nitrogen and oxygen atoms in total. The molecule has 9 heteroatoms. The van der Waals surface area contributed by atoms with Crippen LogP contribution in [0.4, 0.5) is 0 Å². The maximum Gasteiger partial charge on any atom is 0.285 e. The highest BCUT2D eigenvalue weighted by Gasteiger charge is 2.33. The van der Waals surface area contributed by atoms with Crippen molar-refractivity contribution < 1.29 is 14.3 Å². The number of nitriles is 1. The zero-order valence-electron chi connectivity index (χ0n) is 13.2. The number of hydrogen-bond donors (Lipinski definition) is 1. The van der Waals surface area contributed by atoms with Crippen molar-refractivity contribution >= 4 is 57.5 Å². The Hall–Kier alpha value is -2.67. The maximum atomic E-state index is 12.5. The number of nitrogens with one attached hydrogen (secondary N) is 1. The molecule has 0 bridgehead atoms. The fourth-order valence-electron chi connectivity index (χ4n) is 2.06. The van der Waals surface area contributed by atoms with Gasteiger partial charge in [-0.1, -0.05) is 30.0 Å². The van der Waals surface area contributed by atoms with Crippen molar-refractivity contribution in [1.82, 2.24) is 10.4 Å². The summed E-state index contributed by atoms with van der Waals surface area (Å²) in [5, 5.41) is 11.4. The average molecular weight is 401 g/mol. The number of benzene rings is 1. The first-order valence-corrected chi connectivity index (χ1v) is 9.41. The van der Waals surface area contributed by atoms with Gasteiger partial charge in [0, 0.05) is 0 Å². The van der Waals surface area contributed by atoms with Gasteiger partial charge in [-0.25, -0.2) is 0 Å². The Bertz CT molecular complexity index is 915. The van der Waals surface area contributed by atoms with Crippen LogP contribution in [0.25, 0.3) is 6.08 Å². The Kier molecular flexibility index (Phi) is 5.68. The molecule has 0 saturated carbocycles. The highest BCUT2D eigenvalue weighted by molar-refractivity contribution is 8.26. The zero-order chi connectivity index (χ0) is 18.5. The lowest BCUT2D eigenvalue weighted by molar-refractivity contribution is -0.123. The van der Waals surface area contributed by atoms with Crippen molar-refractivity contribution in [3.8, 4) is 11.8 Å². The van der Waals surface area contributed by atoms with Crippen LogP contribution in [0.2, 0.25) is 0 Å². The monoisotopic (exact) mass is 401 g/mol. The molecule has 0 radical (unpaired) electrons. The highest BCUT2D eigenvalue weighted by atomic mass is 32.2. The normalized spacial score (nSPS) is 15.2. The van der Waals surface area contributed by atoms with Crippen molar-refractivity contribution in [3.63, 3.8) is 0 Å². The van der Waals surface area contributed by atoms with E-state index in [0.29, 0.717) is 15.5 Å². The predicted octanol–water partition coefficient (Wildman–Crippen LogP) is 3.20. The average Bonchev–Trinajstić information content (AvgIpc) is 3.26. The molecule has 1 aromatic carbocycles. The van der Waals surface area contributed by atoms with Crippen molar-refractivity contribution in [2.75, 3.05) is 6.61 Å². The van der Waals surface area contributed by atoms with Gasteiger partial charge in [-0.3, -0.25) is 15.0 Å². The van der Waals surface area contributed by atoms with E-state index in [1.54, 1.807) is 47.9 Å². The van der Waals surface area contributed by atoms with E-state index in [1.807, 2.05) is 6.07 Å². The second-order valence-corrected chi connectivity index (χ2v) is 7.57. The number of thioether (sulfide) groups is 1. The lowest BCUT2D eigenvalue weighted by Gasteiger charge is -2.14.